The van der Waals surface area contributed by atoms with Gasteiger partial charge in [-0.05, 0) is 29.8 Å². The van der Waals surface area contributed by atoms with Crippen molar-refractivity contribution in [2.45, 2.75) is 12.5 Å². The van der Waals surface area contributed by atoms with Crippen LogP contribution >= 0.6 is 0 Å². The first-order chi connectivity index (χ1) is 13.8. The first-order valence-electron chi connectivity index (χ1n) is 8.45. The van der Waals surface area contributed by atoms with E-state index in [0.717, 1.165) is 18.2 Å². The molecule has 150 valence electrons. The smallest absolute Gasteiger partial charge is 0.336 e. The summed E-state index contributed by atoms with van der Waals surface area (Å²) in [5, 5.41) is 2.78. The summed E-state index contributed by atoms with van der Waals surface area (Å²) in [6.45, 7) is 0. The third-order valence-electron chi connectivity index (χ3n) is 4.31. The molecule has 1 atom stereocenters. The first-order valence-corrected chi connectivity index (χ1v) is 8.45. The molecule has 2 amide bonds. The van der Waals surface area contributed by atoms with Gasteiger partial charge in [-0.2, -0.15) is 0 Å². The van der Waals surface area contributed by atoms with Crippen LogP contribution in [-0.2, 0) is 11.2 Å². The van der Waals surface area contributed by atoms with Gasteiger partial charge < -0.3 is 20.2 Å². The molecule has 0 saturated carbocycles. The number of halogens is 2. The fourth-order valence-corrected chi connectivity index (χ4v) is 2.86. The van der Waals surface area contributed by atoms with Crippen LogP contribution in [0.4, 0.5) is 8.78 Å². The fraction of sp³-hybridized carbons (Fsp3) is 0.150. The topological polar surface area (TPSA) is 112 Å². The second kappa shape index (κ2) is 8.09. The van der Waals surface area contributed by atoms with E-state index in [0.29, 0.717) is 16.7 Å². The van der Waals surface area contributed by atoms with E-state index in [9.17, 15) is 23.2 Å². The maximum atomic E-state index is 13.8. The SMILES string of the molecule is COc1ccc2c(C[C@@H](NC(=O)c3cccc(F)c3F)C(N)=O)cc(=O)oc2c1. The lowest BCUT2D eigenvalue weighted by Crippen LogP contribution is -2.46. The number of carbonyl (C=O) groups is 2. The Morgan fingerprint density at radius 3 is 2.66 bits per heavy atom. The molecule has 3 N–H and O–H groups in total. The van der Waals surface area contributed by atoms with Crippen LogP contribution in [0.2, 0.25) is 0 Å². The second-order valence-electron chi connectivity index (χ2n) is 6.19. The number of methoxy groups -OCH3 is 1. The number of rotatable bonds is 6. The molecule has 0 unspecified atom stereocenters. The van der Waals surface area contributed by atoms with Crippen LogP contribution < -0.4 is 21.4 Å². The Bertz CT molecular complexity index is 1160. The van der Waals surface area contributed by atoms with Gasteiger partial charge in [0.25, 0.3) is 5.91 Å². The van der Waals surface area contributed by atoms with E-state index in [1.165, 1.54) is 19.2 Å². The van der Waals surface area contributed by atoms with Crippen LogP contribution in [-0.4, -0.2) is 25.0 Å². The van der Waals surface area contributed by atoms with E-state index in [1.54, 1.807) is 12.1 Å². The summed E-state index contributed by atoms with van der Waals surface area (Å²) in [7, 11) is 1.45. The van der Waals surface area contributed by atoms with Gasteiger partial charge in [-0.3, -0.25) is 9.59 Å². The highest BCUT2D eigenvalue weighted by molar-refractivity contribution is 5.97. The Balaban J connectivity index is 1.93. The molecular formula is C20H16F2N2O5. The van der Waals surface area contributed by atoms with Crippen LogP contribution in [0.15, 0.2) is 51.7 Å². The van der Waals surface area contributed by atoms with Gasteiger partial charge in [-0.25, -0.2) is 13.6 Å². The molecule has 0 spiro atoms. The number of amides is 2. The third kappa shape index (κ3) is 4.23. The maximum Gasteiger partial charge on any atom is 0.336 e. The lowest BCUT2D eigenvalue weighted by atomic mass is 10.0. The Kier molecular flexibility index (Phi) is 5.58. The zero-order valence-corrected chi connectivity index (χ0v) is 15.2. The summed E-state index contributed by atoms with van der Waals surface area (Å²) in [4.78, 5) is 36.1. The van der Waals surface area contributed by atoms with E-state index in [1.807, 2.05) is 0 Å². The molecule has 0 aliphatic carbocycles. The van der Waals surface area contributed by atoms with Crippen molar-refractivity contribution in [3.8, 4) is 5.75 Å². The number of benzene rings is 2. The minimum absolute atomic E-state index is 0.160. The van der Waals surface area contributed by atoms with E-state index in [4.69, 9.17) is 14.9 Å². The average Bonchev–Trinajstić information content (AvgIpc) is 2.68. The molecule has 1 aromatic heterocycles. The highest BCUT2D eigenvalue weighted by atomic mass is 19.2. The quantitative estimate of drug-likeness (QED) is 0.612. The number of primary amides is 1. The summed E-state index contributed by atoms with van der Waals surface area (Å²) in [5.74, 6) is -4.01. The fourth-order valence-electron chi connectivity index (χ4n) is 2.86. The highest BCUT2D eigenvalue weighted by Gasteiger charge is 2.23. The Morgan fingerprint density at radius 2 is 1.97 bits per heavy atom. The first kappa shape index (κ1) is 20.0. The maximum absolute atomic E-state index is 13.8. The Morgan fingerprint density at radius 1 is 1.21 bits per heavy atom. The van der Waals surface area contributed by atoms with Crippen molar-refractivity contribution in [2.24, 2.45) is 5.73 Å². The van der Waals surface area contributed by atoms with Gasteiger partial charge >= 0.3 is 5.63 Å². The normalized spacial score (nSPS) is 11.8. The minimum atomic E-state index is -1.34. The van der Waals surface area contributed by atoms with E-state index < -0.39 is 40.7 Å². The summed E-state index contributed by atoms with van der Waals surface area (Å²) in [5.41, 5.74) is 4.72. The van der Waals surface area contributed by atoms with Crippen molar-refractivity contribution in [1.82, 2.24) is 5.32 Å². The van der Waals surface area contributed by atoms with Gasteiger partial charge in [0.2, 0.25) is 5.91 Å². The van der Waals surface area contributed by atoms with E-state index in [2.05, 4.69) is 5.32 Å². The molecule has 0 fully saturated rings. The molecule has 7 nitrogen and oxygen atoms in total. The standard InChI is InChI=1S/C20H16F2N2O5/c1-28-11-5-6-12-10(8-17(25)29-16(12)9-11)7-15(19(23)26)24-20(27)13-3-2-4-14(21)18(13)22/h2-6,8-9,15H,7H2,1H3,(H2,23,26)(H,24,27)/t15-/m1/s1. The van der Waals surface area contributed by atoms with Crippen molar-refractivity contribution in [3.63, 3.8) is 0 Å². The van der Waals surface area contributed by atoms with Gasteiger partial charge in [-0.15, -0.1) is 0 Å². The van der Waals surface area contributed by atoms with Gasteiger partial charge in [0.15, 0.2) is 11.6 Å². The molecule has 2 aromatic carbocycles. The summed E-state index contributed by atoms with van der Waals surface area (Å²) in [6.07, 6.45) is -0.160. The van der Waals surface area contributed by atoms with E-state index >= 15 is 0 Å². The van der Waals surface area contributed by atoms with Crippen molar-refractivity contribution in [2.75, 3.05) is 7.11 Å². The number of ether oxygens (including phenoxy) is 1. The molecule has 29 heavy (non-hydrogen) atoms. The second-order valence-corrected chi connectivity index (χ2v) is 6.19. The largest absolute Gasteiger partial charge is 0.497 e. The van der Waals surface area contributed by atoms with Gasteiger partial charge in [0.05, 0.1) is 12.7 Å². The van der Waals surface area contributed by atoms with Crippen LogP contribution in [0.5, 0.6) is 5.75 Å². The zero-order valence-electron chi connectivity index (χ0n) is 15.2. The third-order valence-corrected chi connectivity index (χ3v) is 4.31. The van der Waals surface area contributed by atoms with Gasteiger partial charge in [0, 0.05) is 23.9 Å². The predicted molar refractivity (Wildman–Crippen MR) is 99.5 cm³/mol. The lowest BCUT2D eigenvalue weighted by molar-refractivity contribution is -0.119. The Hall–Kier alpha value is -3.75. The van der Waals surface area contributed by atoms with E-state index in [-0.39, 0.29) is 12.0 Å². The summed E-state index contributed by atoms with van der Waals surface area (Å²) in [6, 6.07) is 7.74. The summed E-state index contributed by atoms with van der Waals surface area (Å²) >= 11 is 0. The molecule has 0 bridgehead atoms. The van der Waals surface area contributed by atoms with Crippen LogP contribution in [0.1, 0.15) is 15.9 Å². The molecular weight excluding hydrogens is 386 g/mol. The molecule has 0 aliphatic heterocycles. The average molecular weight is 402 g/mol. The van der Waals surface area contributed by atoms with Gasteiger partial charge in [0.1, 0.15) is 17.4 Å². The molecule has 9 heteroatoms. The molecule has 0 aliphatic rings. The molecule has 3 aromatic rings. The van der Waals surface area contributed by atoms with Crippen molar-refractivity contribution < 1.29 is 27.5 Å². The number of carbonyl (C=O) groups excluding carboxylic acids is 2. The Labute approximate surface area is 163 Å². The van der Waals surface area contributed by atoms with Crippen LogP contribution in [0.3, 0.4) is 0 Å². The highest BCUT2D eigenvalue weighted by Crippen LogP contribution is 2.23. The number of hydrogen-bond donors (Lipinski definition) is 2. The molecule has 1 heterocycles. The van der Waals surface area contributed by atoms with Crippen molar-refractivity contribution in [3.05, 3.63) is 75.6 Å². The van der Waals surface area contributed by atoms with Gasteiger partial charge in [-0.1, -0.05) is 6.07 Å². The summed E-state index contributed by atoms with van der Waals surface area (Å²) < 4.78 is 37.4. The number of nitrogens with one attached hydrogen (secondary N) is 1. The molecule has 3 rings (SSSR count). The van der Waals surface area contributed by atoms with Crippen LogP contribution in [0, 0.1) is 11.6 Å². The molecule has 0 saturated heterocycles. The minimum Gasteiger partial charge on any atom is -0.497 e. The van der Waals surface area contributed by atoms with Crippen molar-refractivity contribution in [1.29, 1.82) is 0 Å². The lowest BCUT2D eigenvalue weighted by Gasteiger charge is -2.17. The van der Waals surface area contributed by atoms with Crippen LogP contribution in [0.25, 0.3) is 11.0 Å². The van der Waals surface area contributed by atoms with Crippen molar-refractivity contribution >= 4 is 22.8 Å². The number of nitrogens with two attached hydrogens (primary N) is 1. The molecule has 0 radical (unpaired) electrons. The number of hydrogen-bond acceptors (Lipinski definition) is 5. The zero-order chi connectivity index (χ0) is 21.1. The number of fused-ring (bicyclic) bond motifs is 1. The monoisotopic (exact) mass is 402 g/mol. The predicted octanol–water partition coefficient (Wildman–Crippen LogP) is 1.91.